The molecular weight excluding hydrogens is 374 g/mol. The van der Waals surface area contributed by atoms with Crippen LogP contribution >= 0.6 is 0 Å². The highest BCUT2D eigenvalue weighted by molar-refractivity contribution is 5.72. The predicted molar refractivity (Wildman–Crippen MR) is 109 cm³/mol. The van der Waals surface area contributed by atoms with Gasteiger partial charge >= 0.3 is 5.76 Å². The van der Waals surface area contributed by atoms with E-state index in [9.17, 15) is 13.6 Å². The van der Waals surface area contributed by atoms with Crippen molar-refractivity contribution in [3.8, 4) is 0 Å². The number of unbranched alkanes of at least 4 members (excludes halogenated alkanes) is 1. The van der Waals surface area contributed by atoms with Crippen molar-refractivity contribution in [3.05, 3.63) is 69.7 Å². The molecule has 0 radical (unpaired) electrons. The molecule has 0 bridgehead atoms. The summed E-state index contributed by atoms with van der Waals surface area (Å²) in [5.74, 6) is -0.888. The van der Waals surface area contributed by atoms with Crippen molar-refractivity contribution in [1.82, 2.24) is 10.3 Å². The van der Waals surface area contributed by atoms with Gasteiger partial charge < -0.3 is 9.73 Å². The van der Waals surface area contributed by atoms with Crippen LogP contribution in [0.1, 0.15) is 55.6 Å². The van der Waals surface area contributed by atoms with Crippen LogP contribution in [0.2, 0.25) is 0 Å². The Morgan fingerprint density at radius 3 is 2.66 bits per heavy atom. The third-order valence-corrected chi connectivity index (χ3v) is 5.96. The molecule has 2 aromatic carbocycles. The normalized spacial score (nSPS) is 19.7. The van der Waals surface area contributed by atoms with Crippen molar-refractivity contribution in [3.63, 3.8) is 0 Å². The van der Waals surface area contributed by atoms with Crippen LogP contribution < -0.4 is 11.1 Å². The third-order valence-electron chi connectivity index (χ3n) is 5.96. The molecule has 0 atom stereocenters. The summed E-state index contributed by atoms with van der Waals surface area (Å²) in [4.78, 5) is 14.0. The number of aromatic nitrogens is 1. The Balaban J connectivity index is 1.18. The first kappa shape index (κ1) is 19.8. The lowest BCUT2D eigenvalue weighted by atomic mass is 9.81. The fourth-order valence-corrected chi connectivity index (χ4v) is 4.32. The minimum Gasteiger partial charge on any atom is -0.408 e. The molecule has 0 saturated heterocycles. The highest BCUT2D eigenvalue weighted by Gasteiger charge is 2.22. The number of hydrogen-bond acceptors (Lipinski definition) is 3. The Morgan fingerprint density at radius 2 is 1.86 bits per heavy atom. The molecule has 6 heteroatoms. The molecule has 0 amide bonds. The smallest absolute Gasteiger partial charge is 0.408 e. The number of halogens is 2. The van der Waals surface area contributed by atoms with Gasteiger partial charge in [0.05, 0.1) is 5.52 Å². The fourth-order valence-electron chi connectivity index (χ4n) is 4.32. The number of aromatic amines is 1. The quantitative estimate of drug-likeness (QED) is 0.547. The van der Waals surface area contributed by atoms with Crippen LogP contribution in [0.3, 0.4) is 0 Å². The second-order valence-corrected chi connectivity index (χ2v) is 7.97. The van der Waals surface area contributed by atoms with E-state index >= 15 is 0 Å². The lowest BCUT2D eigenvalue weighted by Crippen LogP contribution is -2.33. The predicted octanol–water partition coefficient (Wildman–Crippen LogP) is 5.04. The molecular formula is C23H26F2N2O2. The van der Waals surface area contributed by atoms with Crippen molar-refractivity contribution < 1.29 is 13.2 Å². The number of nitrogens with one attached hydrogen (secondary N) is 2. The van der Waals surface area contributed by atoms with Crippen molar-refractivity contribution in [2.24, 2.45) is 0 Å². The number of oxazole rings is 1. The Labute approximate surface area is 168 Å². The zero-order valence-electron chi connectivity index (χ0n) is 16.3. The summed E-state index contributed by atoms with van der Waals surface area (Å²) in [6.07, 6.45) is 6.95. The van der Waals surface area contributed by atoms with E-state index in [0.717, 1.165) is 56.7 Å². The van der Waals surface area contributed by atoms with Crippen molar-refractivity contribution in [2.75, 3.05) is 6.54 Å². The topological polar surface area (TPSA) is 58.0 Å². The van der Waals surface area contributed by atoms with E-state index in [1.165, 1.54) is 17.7 Å². The largest absolute Gasteiger partial charge is 0.417 e. The number of benzene rings is 2. The van der Waals surface area contributed by atoms with Crippen LogP contribution in [-0.2, 0) is 6.42 Å². The van der Waals surface area contributed by atoms with Crippen molar-refractivity contribution >= 4 is 11.1 Å². The van der Waals surface area contributed by atoms with Crippen LogP contribution in [0.25, 0.3) is 11.1 Å². The van der Waals surface area contributed by atoms with Gasteiger partial charge in [0.25, 0.3) is 0 Å². The summed E-state index contributed by atoms with van der Waals surface area (Å²) in [5, 5.41) is 3.62. The molecule has 3 aromatic rings. The zero-order chi connectivity index (χ0) is 20.2. The molecule has 0 spiro atoms. The number of H-pyrrole nitrogens is 1. The summed E-state index contributed by atoms with van der Waals surface area (Å²) >= 11 is 0. The molecule has 1 aliphatic rings. The van der Waals surface area contributed by atoms with Gasteiger partial charge in [-0.05, 0) is 86.7 Å². The lowest BCUT2D eigenvalue weighted by Gasteiger charge is -2.29. The Kier molecular flexibility index (Phi) is 6.09. The van der Waals surface area contributed by atoms with Gasteiger partial charge in [-0.1, -0.05) is 12.1 Å². The summed E-state index contributed by atoms with van der Waals surface area (Å²) < 4.78 is 31.7. The number of fused-ring (bicyclic) bond motifs is 1. The van der Waals surface area contributed by atoms with E-state index < -0.39 is 17.4 Å². The fraction of sp³-hybridized carbons (Fsp3) is 0.435. The molecule has 4 rings (SSSR count). The maximum absolute atomic E-state index is 13.6. The standard InChI is InChI=1S/C23H26F2N2O2/c24-18-8-4-16(20(25)14-18)3-1-2-12-26-19-9-5-15(6-10-19)17-7-11-21-22(13-17)29-23(28)27-21/h4,7-8,11,13-15,19,26H,1-3,5-6,9-10,12H2,(H,27,28). The highest BCUT2D eigenvalue weighted by atomic mass is 19.1. The monoisotopic (exact) mass is 400 g/mol. The van der Waals surface area contributed by atoms with Gasteiger partial charge in [-0.15, -0.1) is 0 Å². The first-order valence-electron chi connectivity index (χ1n) is 10.4. The highest BCUT2D eigenvalue weighted by Crippen LogP contribution is 2.34. The molecule has 1 fully saturated rings. The van der Waals surface area contributed by atoms with Gasteiger partial charge in [0, 0.05) is 12.1 Å². The molecule has 29 heavy (non-hydrogen) atoms. The molecule has 2 N–H and O–H groups in total. The molecule has 1 heterocycles. The van der Waals surface area contributed by atoms with Crippen LogP contribution in [0.4, 0.5) is 8.78 Å². The van der Waals surface area contributed by atoms with E-state index in [2.05, 4.69) is 16.4 Å². The van der Waals surface area contributed by atoms with Gasteiger partial charge in [0.2, 0.25) is 0 Å². The Morgan fingerprint density at radius 1 is 1.03 bits per heavy atom. The SMILES string of the molecule is O=c1[nH]c2ccc(C3CCC(NCCCCc4ccc(F)cc4F)CC3)cc2o1. The first-order valence-corrected chi connectivity index (χ1v) is 10.4. The molecule has 1 aliphatic carbocycles. The van der Waals surface area contributed by atoms with E-state index in [1.54, 1.807) is 0 Å². The van der Waals surface area contributed by atoms with Crippen LogP contribution in [0, 0.1) is 11.6 Å². The summed E-state index contributed by atoms with van der Waals surface area (Å²) in [5.41, 5.74) is 3.20. The van der Waals surface area contributed by atoms with Crippen LogP contribution in [-0.4, -0.2) is 17.6 Å². The number of hydrogen-bond donors (Lipinski definition) is 2. The number of rotatable bonds is 7. The first-order chi connectivity index (χ1) is 14.1. The summed E-state index contributed by atoms with van der Waals surface area (Å²) in [6.45, 7) is 0.915. The van der Waals surface area contributed by atoms with Crippen LogP contribution in [0.15, 0.2) is 45.6 Å². The molecule has 0 aliphatic heterocycles. The van der Waals surface area contributed by atoms with Crippen molar-refractivity contribution in [1.29, 1.82) is 0 Å². The summed E-state index contributed by atoms with van der Waals surface area (Å²) in [7, 11) is 0. The van der Waals surface area contributed by atoms with Gasteiger partial charge in [0.15, 0.2) is 5.58 Å². The molecule has 154 valence electrons. The van der Waals surface area contributed by atoms with E-state index in [4.69, 9.17) is 4.42 Å². The second-order valence-electron chi connectivity index (χ2n) is 7.97. The molecule has 1 saturated carbocycles. The average Bonchev–Trinajstić information content (AvgIpc) is 3.09. The van der Waals surface area contributed by atoms with E-state index in [1.807, 2.05) is 12.1 Å². The van der Waals surface area contributed by atoms with Crippen molar-refractivity contribution in [2.45, 2.75) is 56.9 Å². The lowest BCUT2D eigenvalue weighted by molar-refractivity contribution is 0.341. The van der Waals surface area contributed by atoms with E-state index in [0.29, 0.717) is 29.5 Å². The zero-order valence-corrected chi connectivity index (χ0v) is 16.3. The Hall–Kier alpha value is -2.47. The van der Waals surface area contributed by atoms with Gasteiger partial charge in [-0.2, -0.15) is 0 Å². The maximum atomic E-state index is 13.6. The van der Waals surface area contributed by atoms with E-state index in [-0.39, 0.29) is 0 Å². The minimum atomic E-state index is -0.527. The summed E-state index contributed by atoms with van der Waals surface area (Å²) in [6, 6.07) is 10.3. The average molecular weight is 400 g/mol. The Bertz CT molecular complexity index is 1020. The maximum Gasteiger partial charge on any atom is 0.417 e. The molecule has 4 nitrogen and oxygen atoms in total. The molecule has 1 aromatic heterocycles. The second kappa shape index (κ2) is 8.91. The van der Waals surface area contributed by atoms with Gasteiger partial charge in [0.1, 0.15) is 11.6 Å². The van der Waals surface area contributed by atoms with Gasteiger partial charge in [-0.3, -0.25) is 4.98 Å². The van der Waals surface area contributed by atoms with Gasteiger partial charge in [-0.25, -0.2) is 13.6 Å². The number of aryl methyl sites for hydroxylation is 1. The van der Waals surface area contributed by atoms with Crippen LogP contribution in [0.5, 0.6) is 0 Å². The molecule has 0 unspecified atom stereocenters. The third kappa shape index (κ3) is 4.93. The minimum absolute atomic E-state index is 0.410.